The second-order valence-electron chi connectivity index (χ2n) is 7.76. The van der Waals surface area contributed by atoms with Crippen LogP contribution in [0.3, 0.4) is 0 Å². The summed E-state index contributed by atoms with van der Waals surface area (Å²) in [5, 5.41) is 11.0. The zero-order valence-electron chi connectivity index (χ0n) is 18.9. The second kappa shape index (κ2) is 10.4. The number of anilines is 1. The molecule has 3 aromatic heterocycles. The fourth-order valence-corrected chi connectivity index (χ4v) is 3.33. The number of benzene rings is 1. The molecule has 1 aromatic carbocycles. The van der Waals surface area contributed by atoms with Crippen LogP contribution >= 0.6 is 0 Å². The number of rotatable bonds is 8. The van der Waals surface area contributed by atoms with Crippen LogP contribution in [-0.2, 0) is 16.1 Å². The molecule has 0 radical (unpaired) electrons. The van der Waals surface area contributed by atoms with Gasteiger partial charge in [0, 0.05) is 48.9 Å². The van der Waals surface area contributed by atoms with Crippen LogP contribution < -0.4 is 5.32 Å². The first kappa shape index (κ1) is 22.7. The van der Waals surface area contributed by atoms with Crippen LogP contribution in [0.15, 0.2) is 77.7 Å². The van der Waals surface area contributed by atoms with Crippen molar-refractivity contribution >= 4 is 23.7 Å². The topological polar surface area (TPSA) is 106 Å². The molecule has 0 aliphatic rings. The summed E-state index contributed by atoms with van der Waals surface area (Å²) in [6.07, 6.45) is 8.45. The largest absolute Gasteiger partial charge is 0.360 e. The molecular weight excluding hydrogens is 432 g/mol. The lowest BCUT2D eigenvalue weighted by molar-refractivity contribution is -0.129. The average Bonchev–Trinajstić information content (AvgIpc) is 3.44. The Balaban J connectivity index is 1.48. The Morgan fingerprint density at radius 2 is 2.00 bits per heavy atom. The Hall–Kier alpha value is -4.53. The molecule has 0 aliphatic carbocycles. The Morgan fingerprint density at radius 1 is 1.18 bits per heavy atom. The van der Waals surface area contributed by atoms with Crippen molar-refractivity contribution in [2.75, 3.05) is 18.9 Å². The molecule has 0 atom stereocenters. The fraction of sp³-hybridized carbons (Fsp3) is 0.160. The smallest absolute Gasteiger partial charge is 0.246 e. The molecule has 4 aromatic rings. The predicted octanol–water partition coefficient (Wildman–Crippen LogP) is 3.40. The summed E-state index contributed by atoms with van der Waals surface area (Å²) < 4.78 is 6.76. The summed E-state index contributed by atoms with van der Waals surface area (Å²) in [6, 6.07) is 15.4. The first-order chi connectivity index (χ1) is 16.5. The number of aromatic nitrogens is 4. The Bertz CT molecular complexity index is 1290. The van der Waals surface area contributed by atoms with Crippen LogP contribution in [0.5, 0.6) is 0 Å². The molecule has 0 bridgehead atoms. The average molecular weight is 457 g/mol. The molecule has 0 spiro atoms. The molecule has 2 amide bonds. The van der Waals surface area contributed by atoms with Gasteiger partial charge in [-0.2, -0.15) is 5.10 Å². The number of likely N-dealkylation sites (N-methyl/N-ethyl adjacent to an activating group) is 1. The maximum Gasteiger partial charge on any atom is 0.246 e. The van der Waals surface area contributed by atoms with Gasteiger partial charge in [0.05, 0.1) is 13.1 Å². The summed E-state index contributed by atoms with van der Waals surface area (Å²) in [4.78, 5) is 30.3. The van der Waals surface area contributed by atoms with Gasteiger partial charge in [0.25, 0.3) is 0 Å². The minimum absolute atomic E-state index is 0.127. The lowest BCUT2D eigenvalue weighted by atomic mass is 10.1. The zero-order chi connectivity index (χ0) is 23.9. The molecule has 34 heavy (non-hydrogen) atoms. The van der Waals surface area contributed by atoms with Gasteiger partial charge in [-0.3, -0.25) is 19.3 Å². The number of aryl methyl sites for hydroxylation is 1. The molecule has 4 rings (SSSR count). The molecule has 0 saturated carbocycles. The van der Waals surface area contributed by atoms with Crippen LogP contribution in [0.4, 0.5) is 5.82 Å². The highest BCUT2D eigenvalue weighted by molar-refractivity contribution is 5.97. The third kappa shape index (κ3) is 5.83. The highest BCUT2D eigenvalue weighted by atomic mass is 16.5. The standard InChI is InChI=1S/C25H24N6O3/c1-18-13-22(29-34-18)27-23(32)17-30(2)24(33)11-10-21-16-31(15-19-7-4-3-5-8-19)28-25(21)20-9-6-12-26-14-20/h3-14,16H,15,17H2,1-2H3,(H,27,29,32)/b11-10+. The molecule has 9 heteroatoms. The summed E-state index contributed by atoms with van der Waals surface area (Å²) >= 11 is 0. The van der Waals surface area contributed by atoms with Crippen molar-refractivity contribution in [1.82, 2.24) is 24.8 Å². The predicted molar refractivity (Wildman–Crippen MR) is 128 cm³/mol. The number of pyridine rings is 1. The third-order valence-corrected chi connectivity index (χ3v) is 4.97. The van der Waals surface area contributed by atoms with E-state index in [1.54, 1.807) is 38.5 Å². The van der Waals surface area contributed by atoms with Crippen molar-refractivity contribution in [3.8, 4) is 11.3 Å². The summed E-state index contributed by atoms with van der Waals surface area (Å²) in [7, 11) is 1.56. The lowest BCUT2D eigenvalue weighted by Crippen LogP contribution is -2.33. The normalized spacial score (nSPS) is 11.0. The van der Waals surface area contributed by atoms with Gasteiger partial charge < -0.3 is 14.7 Å². The van der Waals surface area contributed by atoms with E-state index in [1.807, 2.05) is 53.3 Å². The van der Waals surface area contributed by atoms with E-state index in [2.05, 4.69) is 15.5 Å². The summed E-state index contributed by atoms with van der Waals surface area (Å²) in [5.74, 6) is 0.203. The van der Waals surface area contributed by atoms with Gasteiger partial charge >= 0.3 is 0 Å². The summed E-state index contributed by atoms with van der Waals surface area (Å²) in [5.41, 5.74) is 3.45. The van der Waals surface area contributed by atoms with Crippen molar-refractivity contribution in [1.29, 1.82) is 0 Å². The number of nitrogens with one attached hydrogen (secondary N) is 1. The maximum atomic E-state index is 12.6. The van der Waals surface area contributed by atoms with Crippen LogP contribution in [-0.4, -0.2) is 50.2 Å². The number of carbonyl (C=O) groups excluding carboxylic acids is 2. The Morgan fingerprint density at radius 3 is 2.71 bits per heavy atom. The third-order valence-electron chi connectivity index (χ3n) is 4.97. The van der Waals surface area contributed by atoms with E-state index in [1.165, 1.54) is 11.0 Å². The molecule has 3 heterocycles. The van der Waals surface area contributed by atoms with Crippen molar-refractivity contribution in [3.63, 3.8) is 0 Å². The van der Waals surface area contributed by atoms with E-state index in [0.717, 1.165) is 22.4 Å². The Kier molecular flexibility index (Phi) is 6.92. The van der Waals surface area contributed by atoms with Crippen LogP contribution in [0.1, 0.15) is 16.9 Å². The molecule has 9 nitrogen and oxygen atoms in total. The number of hydrogen-bond donors (Lipinski definition) is 1. The summed E-state index contributed by atoms with van der Waals surface area (Å²) in [6.45, 7) is 2.19. The van der Waals surface area contributed by atoms with Gasteiger partial charge in [-0.1, -0.05) is 35.5 Å². The van der Waals surface area contributed by atoms with Crippen LogP contribution in [0.2, 0.25) is 0 Å². The number of carbonyl (C=O) groups is 2. The SMILES string of the molecule is Cc1cc(NC(=O)CN(C)C(=O)/C=C/c2cn(Cc3ccccc3)nc2-c2cccnc2)no1. The highest BCUT2D eigenvalue weighted by Gasteiger charge is 2.14. The van der Waals surface area contributed by atoms with E-state index < -0.39 is 0 Å². The van der Waals surface area contributed by atoms with Crippen molar-refractivity contribution in [2.45, 2.75) is 13.5 Å². The van der Waals surface area contributed by atoms with E-state index >= 15 is 0 Å². The van der Waals surface area contributed by atoms with Crippen molar-refractivity contribution in [3.05, 3.63) is 90.1 Å². The minimum atomic E-state index is -0.371. The van der Waals surface area contributed by atoms with Crippen molar-refractivity contribution in [2.24, 2.45) is 0 Å². The Labute approximate surface area is 196 Å². The lowest BCUT2D eigenvalue weighted by Gasteiger charge is -2.13. The maximum absolute atomic E-state index is 12.6. The first-order valence-corrected chi connectivity index (χ1v) is 10.7. The van der Waals surface area contributed by atoms with E-state index in [0.29, 0.717) is 18.1 Å². The van der Waals surface area contributed by atoms with Gasteiger partial charge in [-0.25, -0.2) is 0 Å². The zero-order valence-corrected chi connectivity index (χ0v) is 18.9. The molecular formula is C25H24N6O3. The monoisotopic (exact) mass is 456 g/mol. The molecule has 0 saturated heterocycles. The van der Waals surface area contributed by atoms with E-state index in [-0.39, 0.29) is 18.4 Å². The van der Waals surface area contributed by atoms with Crippen LogP contribution in [0, 0.1) is 6.92 Å². The quantitative estimate of drug-likeness (QED) is 0.407. The van der Waals surface area contributed by atoms with Gasteiger partial charge in [0.1, 0.15) is 11.5 Å². The fourth-order valence-electron chi connectivity index (χ4n) is 3.33. The molecule has 1 N–H and O–H groups in total. The number of nitrogens with zero attached hydrogens (tertiary/aromatic N) is 5. The minimum Gasteiger partial charge on any atom is -0.360 e. The van der Waals surface area contributed by atoms with E-state index in [4.69, 9.17) is 9.62 Å². The number of hydrogen-bond acceptors (Lipinski definition) is 6. The van der Waals surface area contributed by atoms with Gasteiger partial charge in [-0.05, 0) is 30.7 Å². The second-order valence-corrected chi connectivity index (χ2v) is 7.76. The molecule has 172 valence electrons. The van der Waals surface area contributed by atoms with Crippen LogP contribution in [0.25, 0.3) is 17.3 Å². The van der Waals surface area contributed by atoms with Crippen molar-refractivity contribution < 1.29 is 14.1 Å². The van der Waals surface area contributed by atoms with Gasteiger partial charge in [0.15, 0.2) is 5.82 Å². The molecule has 0 unspecified atom stereocenters. The first-order valence-electron chi connectivity index (χ1n) is 10.7. The number of amides is 2. The van der Waals surface area contributed by atoms with Gasteiger partial charge in [-0.15, -0.1) is 0 Å². The van der Waals surface area contributed by atoms with Gasteiger partial charge in [0.2, 0.25) is 11.8 Å². The molecule has 0 aliphatic heterocycles. The highest BCUT2D eigenvalue weighted by Crippen LogP contribution is 2.23. The van der Waals surface area contributed by atoms with E-state index in [9.17, 15) is 9.59 Å². The molecule has 0 fully saturated rings.